The summed E-state index contributed by atoms with van der Waals surface area (Å²) >= 11 is 0. The molecule has 0 amide bonds. The van der Waals surface area contributed by atoms with Crippen LogP contribution in [0.1, 0.15) is 18.1 Å². The number of anilines is 1. The van der Waals surface area contributed by atoms with Crippen LogP contribution in [0.4, 0.5) is 10.1 Å². The predicted octanol–water partition coefficient (Wildman–Crippen LogP) is 3.53. The Labute approximate surface area is 147 Å². The maximum absolute atomic E-state index is 14.0. The minimum atomic E-state index is -0.428. The number of fused-ring (bicyclic) bond motifs is 2. The number of nitrogens with one attached hydrogen (secondary N) is 2. The van der Waals surface area contributed by atoms with Crippen LogP contribution in [0.25, 0.3) is 38.6 Å². The zero-order chi connectivity index (χ0) is 18.6. The third kappa shape index (κ3) is 2.13. The van der Waals surface area contributed by atoms with E-state index in [1.165, 1.54) is 12.3 Å². The second-order valence-corrected chi connectivity index (χ2v) is 6.30. The molecule has 3 heterocycles. The van der Waals surface area contributed by atoms with Crippen LogP contribution in [-0.4, -0.2) is 20.2 Å². The first-order chi connectivity index (χ1) is 12.4. The quantitative estimate of drug-likeness (QED) is 0.515. The molecule has 7 heteroatoms. The number of nitrogens with two attached hydrogens (primary N) is 1. The molecule has 0 saturated carbocycles. The summed E-state index contributed by atoms with van der Waals surface area (Å²) in [5, 5.41) is 7.08. The Hall–Kier alpha value is -3.48. The first-order valence-corrected chi connectivity index (χ1v) is 7.99. The Kier molecular flexibility index (Phi) is 3.40. The molecule has 0 unspecified atom stereocenters. The Bertz CT molecular complexity index is 1270. The number of nitrogen functional groups attached to an aromatic ring is 1. The Morgan fingerprint density at radius 1 is 1.27 bits per heavy atom. The highest BCUT2D eigenvalue weighted by atomic mass is 19.1. The van der Waals surface area contributed by atoms with E-state index in [9.17, 15) is 9.18 Å². The smallest absolute Gasteiger partial charge is 0.272 e. The average molecular weight is 349 g/mol. The van der Waals surface area contributed by atoms with E-state index in [0.29, 0.717) is 27.5 Å². The molecule has 0 bridgehead atoms. The van der Waals surface area contributed by atoms with E-state index in [-0.39, 0.29) is 11.2 Å². The minimum Gasteiger partial charge on any atom is -0.394 e. The molecule has 0 saturated heterocycles. The summed E-state index contributed by atoms with van der Waals surface area (Å²) in [5.41, 5.74) is 10.7. The predicted molar refractivity (Wildman–Crippen MR) is 101 cm³/mol. The monoisotopic (exact) mass is 349 g/mol. The van der Waals surface area contributed by atoms with Gasteiger partial charge >= 0.3 is 0 Å². The van der Waals surface area contributed by atoms with Gasteiger partial charge < -0.3 is 10.7 Å². The SMILES string of the molecule is C=C(C)c1cnc2c(-c3ccc(F)c4[nH]ncc34)c(N)c(=O)[nH]c2c1C. The van der Waals surface area contributed by atoms with Gasteiger partial charge in [-0.05, 0) is 36.6 Å². The van der Waals surface area contributed by atoms with Crippen LogP contribution >= 0.6 is 0 Å². The van der Waals surface area contributed by atoms with Crippen molar-refractivity contribution in [3.8, 4) is 11.1 Å². The first-order valence-electron chi connectivity index (χ1n) is 7.99. The van der Waals surface area contributed by atoms with E-state index in [2.05, 4.69) is 26.7 Å². The van der Waals surface area contributed by atoms with Gasteiger partial charge in [0, 0.05) is 22.7 Å². The molecule has 6 nitrogen and oxygen atoms in total. The van der Waals surface area contributed by atoms with Gasteiger partial charge in [-0.3, -0.25) is 14.9 Å². The summed E-state index contributed by atoms with van der Waals surface area (Å²) in [6.45, 7) is 7.71. The maximum atomic E-state index is 14.0. The number of aryl methyl sites for hydroxylation is 1. The minimum absolute atomic E-state index is 0.0292. The van der Waals surface area contributed by atoms with E-state index < -0.39 is 11.4 Å². The number of hydrogen-bond acceptors (Lipinski definition) is 4. The van der Waals surface area contributed by atoms with Gasteiger partial charge in [-0.25, -0.2) is 4.39 Å². The van der Waals surface area contributed by atoms with Crippen molar-refractivity contribution in [2.75, 3.05) is 5.73 Å². The first kappa shape index (κ1) is 16.0. The lowest BCUT2D eigenvalue weighted by molar-refractivity contribution is 0.636. The molecule has 0 radical (unpaired) electrons. The molecule has 130 valence electrons. The van der Waals surface area contributed by atoms with Crippen LogP contribution in [0.2, 0.25) is 0 Å². The van der Waals surface area contributed by atoms with Crippen LogP contribution in [-0.2, 0) is 0 Å². The van der Waals surface area contributed by atoms with Gasteiger partial charge in [0.25, 0.3) is 5.56 Å². The molecule has 0 aliphatic carbocycles. The van der Waals surface area contributed by atoms with Crippen molar-refractivity contribution < 1.29 is 4.39 Å². The zero-order valence-corrected chi connectivity index (χ0v) is 14.3. The third-order valence-corrected chi connectivity index (χ3v) is 4.62. The van der Waals surface area contributed by atoms with Crippen molar-refractivity contribution >= 4 is 33.2 Å². The molecule has 0 atom stereocenters. The largest absolute Gasteiger partial charge is 0.394 e. The highest BCUT2D eigenvalue weighted by molar-refractivity contribution is 6.07. The lowest BCUT2D eigenvalue weighted by Gasteiger charge is -2.14. The van der Waals surface area contributed by atoms with E-state index in [4.69, 9.17) is 5.73 Å². The number of pyridine rings is 2. The van der Waals surface area contributed by atoms with Gasteiger partial charge in [0.2, 0.25) is 0 Å². The van der Waals surface area contributed by atoms with Gasteiger partial charge in [-0.2, -0.15) is 5.10 Å². The number of hydrogen-bond donors (Lipinski definition) is 3. The van der Waals surface area contributed by atoms with E-state index in [1.807, 2.05) is 13.8 Å². The second-order valence-electron chi connectivity index (χ2n) is 6.30. The molecule has 4 N–H and O–H groups in total. The Morgan fingerprint density at radius 3 is 2.77 bits per heavy atom. The van der Waals surface area contributed by atoms with E-state index in [1.54, 1.807) is 12.3 Å². The highest BCUT2D eigenvalue weighted by Crippen LogP contribution is 2.36. The van der Waals surface area contributed by atoms with Crippen LogP contribution in [0.3, 0.4) is 0 Å². The molecule has 4 rings (SSSR count). The summed E-state index contributed by atoms with van der Waals surface area (Å²) in [6.07, 6.45) is 3.21. The van der Waals surface area contributed by atoms with Crippen molar-refractivity contribution in [3.63, 3.8) is 0 Å². The fraction of sp³-hybridized carbons (Fsp3) is 0.105. The van der Waals surface area contributed by atoms with Crippen LogP contribution in [0.15, 0.2) is 35.9 Å². The van der Waals surface area contributed by atoms with E-state index in [0.717, 1.165) is 16.7 Å². The number of aromatic nitrogens is 4. The number of nitrogens with zero attached hydrogens (tertiary/aromatic N) is 2. The van der Waals surface area contributed by atoms with Gasteiger partial charge in [0.05, 0.1) is 17.2 Å². The van der Waals surface area contributed by atoms with Gasteiger partial charge in [0.15, 0.2) is 0 Å². The normalized spacial score (nSPS) is 11.3. The van der Waals surface area contributed by atoms with Crippen molar-refractivity contribution in [2.45, 2.75) is 13.8 Å². The number of rotatable bonds is 2. The van der Waals surface area contributed by atoms with Crippen molar-refractivity contribution in [1.29, 1.82) is 0 Å². The number of H-pyrrole nitrogens is 2. The molecule has 0 spiro atoms. The molecule has 4 aromatic rings. The second kappa shape index (κ2) is 5.52. The molecular formula is C19H16FN5O. The molecular weight excluding hydrogens is 333 g/mol. The molecule has 1 aromatic carbocycles. The molecule has 0 fully saturated rings. The lowest BCUT2D eigenvalue weighted by Crippen LogP contribution is -2.15. The maximum Gasteiger partial charge on any atom is 0.272 e. The molecule has 26 heavy (non-hydrogen) atoms. The highest BCUT2D eigenvalue weighted by Gasteiger charge is 2.19. The van der Waals surface area contributed by atoms with Crippen molar-refractivity contribution in [2.24, 2.45) is 0 Å². The standard InChI is InChI=1S/C19H16FN5O/c1-8(2)11-6-22-18-14(15(21)19(26)24-16(18)9(11)3)10-4-5-13(20)17-12(10)7-23-25-17/h4-7H,1,21H2,2-3H3,(H,23,25)(H,24,26). The summed E-state index contributed by atoms with van der Waals surface area (Å²) in [5.74, 6) is -0.428. The van der Waals surface area contributed by atoms with Crippen LogP contribution in [0, 0.1) is 12.7 Å². The number of aromatic amines is 2. The number of allylic oxidation sites excluding steroid dienone is 1. The zero-order valence-electron chi connectivity index (χ0n) is 14.3. The van der Waals surface area contributed by atoms with Crippen molar-refractivity contribution in [1.82, 2.24) is 20.2 Å². The van der Waals surface area contributed by atoms with Crippen molar-refractivity contribution in [3.05, 3.63) is 58.4 Å². The van der Waals surface area contributed by atoms with Crippen LogP contribution in [0.5, 0.6) is 0 Å². The fourth-order valence-corrected chi connectivity index (χ4v) is 3.29. The lowest BCUT2D eigenvalue weighted by atomic mass is 9.96. The third-order valence-electron chi connectivity index (χ3n) is 4.62. The summed E-state index contributed by atoms with van der Waals surface area (Å²) in [4.78, 5) is 19.8. The average Bonchev–Trinajstić information content (AvgIpc) is 3.09. The topological polar surface area (TPSA) is 100 Å². The molecule has 0 aliphatic rings. The summed E-state index contributed by atoms with van der Waals surface area (Å²) in [6, 6.07) is 2.90. The summed E-state index contributed by atoms with van der Waals surface area (Å²) in [7, 11) is 0. The molecule has 3 aromatic heterocycles. The summed E-state index contributed by atoms with van der Waals surface area (Å²) < 4.78 is 14.0. The molecule has 0 aliphatic heterocycles. The van der Waals surface area contributed by atoms with Gasteiger partial charge in [-0.1, -0.05) is 12.6 Å². The Balaban J connectivity index is 2.19. The van der Waals surface area contributed by atoms with E-state index >= 15 is 0 Å². The van der Waals surface area contributed by atoms with Gasteiger partial charge in [0.1, 0.15) is 17.0 Å². The Morgan fingerprint density at radius 2 is 2.04 bits per heavy atom. The van der Waals surface area contributed by atoms with Crippen LogP contribution < -0.4 is 11.3 Å². The number of benzene rings is 1. The number of halogens is 1. The van der Waals surface area contributed by atoms with Gasteiger partial charge in [-0.15, -0.1) is 0 Å². The fourth-order valence-electron chi connectivity index (χ4n) is 3.29.